The summed E-state index contributed by atoms with van der Waals surface area (Å²) >= 11 is 14.0. The van der Waals surface area contributed by atoms with E-state index >= 15 is 0 Å². The number of nitrogen functional groups attached to an aromatic ring is 1. The molecule has 0 radical (unpaired) electrons. The van der Waals surface area contributed by atoms with Crippen LogP contribution in [0.15, 0.2) is 29.3 Å². The lowest BCUT2D eigenvalue weighted by Gasteiger charge is -2.08. The number of guanidine groups is 1. The third-order valence-corrected chi connectivity index (χ3v) is 6.02. The average Bonchev–Trinajstić information content (AvgIpc) is 3.64. The van der Waals surface area contributed by atoms with E-state index in [1.807, 2.05) is 0 Å². The van der Waals surface area contributed by atoms with Gasteiger partial charge in [-0.3, -0.25) is 14.7 Å². The number of nitrogens with zero attached hydrogens (tertiary/aromatic N) is 6. The van der Waals surface area contributed by atoms with Gasteiger partial charge in [0.25, 0.3) is 0 Å². The van der Waals surface area contributed by atoms with Gasteiger partial charge in [0.1, 0.15) is 22.1 Å². The van der Waals surface area contributed by atoms with Crippen LogP contribution in [0.5, 0.6) is 0 Å². The minimum atomic E-state index is -2.64. The van der Waals surface area contributed by atoms with Crippen molar-refractivity contribution in [2.24, 2.45) is 4.99 Å². The molecule has 1 saturated heterocycles. The van der Waals surface area contributed by atoms with Crippen LogP contribution in [-0.2, 0) is 4.79 Å². The molecule has 0 bridgehead atoms. The van der Waals surface area contributed by atoms with Gasteiger partial charge in [0.2, 0.25) is 5.91 Å². The number of hydrogen-bond donors (Lipinski definition) is 4. The van der Waals surface area contributed by atoms with Crippen LogP contribution in [0.3, 0.4) is 0 Å². The maximum absolute atomic E-state index is 11.0. The van der Waals surface area contributed by atoms with Crippen molar-refractivity contribution in [1.29, 1.82) is 0 Å². The van der Waals surface area contributed by atoms with Crippen LogP contribution in [0.4, 0.5) is 16.2 Å². The van der Waals surface area contributed by atoms with Crippen molar-refractivity contribution >= 4 is 98.0 Å². The van der Waals surface area contributed by atoms with Crippen LogP contribution in [0.1, 0.15) is 17.9 Å². The number of aromatic nitrogens is 4. The second-order valence-electron chi connectivity index (χ2n) is 6.62. The summed E-state index contributed by atoms with van der Waals surface area (Å²) in [5.74, 6) is -0.869. The highest BCUT2D eigenvalue weighted by Crippen LogP contribution is 2.30. The van der Waals surface area contributed by atoms with Crippen molar-refractivity contribution < 1.29 is 20.6 Å². The van der Waals surface area contributed by atoms with Gasteiger partial charge in [-0.1, -0.05) is 23.2 Å². The number of carbonyl (C=O) groups excluding carboxylic acids is 2. The molecule has 5 N–H and O–H groups in total. The maximum atomic E-state index is 11.0. The van der Waals surface area contributed by atoms with E-state index < -0.39 is 37.9 Å². The molecule has 36 heavy (non-hydrogen) atoms. The number of anilines is 2. The highest BCUT2D eigenvalue weighted by atomic mass is 35.5. The quantitative estimate of drug-likeness (QED) is 0.250. The van der Waals surface area contributed by atoms with Crippen LogP contribution < -0.4 is 21.7 Å². The number of nitrogens with two attached hydrogens (primary N) is 1. The van der Waals surface area contributed by atoms with Gasteiger partial charge in [-0.15, -0.1) is 0 Å². The smallest absolute Gasteiger partial charge is 0.324 e. The number of amides is 3. The molecule has 0 atom stereocenters. The Kier molecular flexibility index (Phi) is 5.54. The van der Waals surface area contributed by atoms with Gasteiger partial charge in [0, 0.05) is 26.4 Å². The van der Waals surface area contributed by atoms with E-state index in [0.29, 0.717) is 38.0 Å². The second-order valence-corrected chi connectivity index (χ2v) is 8.49. The predicted molar refractivity (Wildman–Crippen MR) is 144 cm³/mol. The number of aliphatic imine (C=N–C) groups is 1. The fourth-order valence-electron chi connectivity index (χ4n) is 2.63. The van der Waals surface area contributed by atoms with Crippen molar-refractivity contribution in [2.45, 2.75) is 6.92 Å². The summed E-state index contributed by atoms with van der Waals surface area (Å²) < 4.78 is 75.0. The molecule has 4 aromatic rings. The summed E-state index contributed by atoms with van der Waals surface area (Å²) in [5.41, 5.74) is 9.23. The summed E-state index contributed by atoms with van der Waals surface area (Å²) in [5, 5.41) is 7.76. The highest BCUT2D eigenvalue weighted by molar-refractivity contribution is 7.00. The molecule has 0 aliphatic carbocycles. The lowest BCUT2D eigenvalue weighted by Crippen LogP contribution is -2.31. The lowest BCUT2D eigenvalue weighted by molar-refractivity contribution is -0.125. The van der Waals surface area contributed by atoms with E-state index in [9.17, 15) is 9.59 Å². The zero-order chi connectivity index (χ0) is 32.8. The Labute approximate surface area is 234 Å². The number of benzene rings is 2. The molecule has 2 aliphatic rings. The fourth-order valence-corrected chi connectivity index (χ4v) is 4.08. The van der Waals surface area contributed by atoms with Crippen LogP contribution in [-0.4, -0.2) is 66.3 Å². The molecule has 12 nitrogen and oxygen atoms in total. The molecule has 3 amide bonds. The molecule has 0 unspecified atom stereocenters. The third kappa shape index (κ3) is 5.90. The van der Waals surface area contributed by atoms with Gasteiger partial charge in [0.05, 0.1) is 62.3 Å². The predicted octanol–water partition coefficient (Wildman–Crippen LogP) is 3.20. The Bertz CT molecular complexity index is 1790. The molecule has 2 aliphatic heterocycles. The number of fused-ring (bicyclic) bond motifs is 2. The Balaban J connectivity index is 0.000000160. The molecule has 188 valence electrons. The summed E-state index contributed by atoms with van der Waals surface area (Å²) in [6, 6.07) is 5.82. The van der Waals surface area contributed by atoms with E-state index in [2.05, 4.69) is 33.1 Å². The molecular weight excluding hydrogens is 547 g/mol. The topological polar surface area (TPSA) is 163 Å². The van der Waals surface area contributed by atoms with Gasteiger partial charge < -0.3 is 21.7 Å². The normalized spacial score (nSPS) is 23.2. The molecule has 16 heteroatoms. The van der Waals surface area contributed by atoms with Gasteiger partial charge >= 0.3 is 6.03 Å². The van der Waals surface area contributed by atoms with Crippen molar-refractivity contribution in [3.63, 3.8) is 0 Å². The summed E-state index contributed by atoms with van der Waals surface area (Å²) in [7, 11) is 0. The van der Waals surface area contributed by atoms with E-state index in [4.69, 9.17) is 39.9 Å². The summed E-state index contributed by atoms with van der Waals surface area (Å²) in [6.45, 7) is -8.85. The van der Waals surface area contributed by atoms with E-state index in [0.717, 1.165) is 35.9 Å². The van der Waals surface area contributed by atoms with Gasteiger partial charge in [-0.25, -0.2) is 4.79 Å². The number of nitrogens with one attached hydrogen (secondary N) is 3. The van der Waals surface area contributed by atoms with Gasteiger partial charge in [-0.2, -0.15) is 17.5 Å². The first kappa shape index (κ1) is 17.2. The number of urea groups is 1. The standard InChI is InChI=1S/C9H8ClN5S.C6H4ClN3S.C5H8N2O2/c10-5-1-2-6-8(15-16-14-6)7(5)13-9-11-3-4-12-9;7-3-1-2-4-6(5(3)8)10-11-9-4;1-4(8)7-3-2-6-5(7)9/h1-2H,3-4H2,(H2,11,12,13);1-2H,8H2;2-3H2,1H3,(H,6,9)/i3D2,4D2;;2D2,3D2. The Morgan fingerprint density at radius 1 is 1.06 bits per heavy atom. The molecule has 6 rings (SSSR count). The Morgan fingerprint density at radius 3 is 2.31 bits per heavy atom. The second kappa shape index (κ2) is 11.6. The zero-order valence-corrected chi connectivity index (χ0v) is 21.1. The van der Waals surface area contributed by atoms with Gasteiger partial charge in [-0.05, 0) is 24.3 Å². The number of carbonyl (C=O) groups is 2. The number of halogens is 2. The van der Waals surface area contributed by atoms with E-state index in [1.165, 1.54) is 0 Å². The first-order chi connectivity index (χ1) is 20.3. The number of rotatable bonds is 1. The number of imide groups is 1. The Hall–Kier alpha value is -3.33. The minimum absolute atomic E-state index is 0.0394. The molecule has 0 saturated carbocycles. The van der Waals surface area contributed by atoms with Crippen molar-refractivity contribution in [2.75, 3.05) is 37.0 Å². The molecule has 2 aromatic carbocycles. The van der Waals surface area contributed by atoms with E-state index in [-0.39, 0.29) is 10.9 Å². The summed E-state index contributed by atoms with van der Waals surface area (Å²) in [6.07, 6.45) is 0. The first-order valence-electron chi connectivity index (χ1n) is 13.6. The SMILES string of the molecule is Nc1c(Cl)ccc2nsnc12.[2H]C1([2H])N=C(Nc2c(Cl)ccc3nsnc23)NC1([2H])[2H].[2H]C1([2H])NC(=O)N(C(C)=O)C1([2H])[2H]. The van der Waals surface area contributed by atoms with Gasteiger partial charge in [0.15, 0.2) is 5.96 Å². The summed E-state index contributed by atoms with van der Waals surface area (Å²) in [4.78, 5) is 25.7. The molecular formula is C20H20Cl2N10O2S2. The van der Waals surface area contributed by atoms with Crippen LogP contribution >= 0.6 is 46.7 Å². The molecule has 2 aromatic heterocycles. The third-order valence-electron chi connectivity index (χ3n) is 4.29. The average molecular weight is 576 g/mol. The van der Waals surface area contributed by atoms with Crippen LogP contribution in [0.2, 0.25) is 10.0 Å². The first-order valence-corrected chi connectivity index (χ1v) is 11.9. The molecule has 1 fully saturated rings. The largest absolute Gasteiger partial charge is 0.396 e. The van der Waals surface area contributed by atoms with Crippen LogP contribution in [0.25, 0.3) is 22.1 Å². The fraction of sp³-hybridized carbons (Fsp3) is 0.250. The Morgan fingerprint density at radius 2 is 1.72 bits per heavy atom. The van der Waals surface area contributed by atoms with Crippen LogP contribution in [0, 0.1) is 0 Å². The molecule has 4 heterocycles. The molecule has 0 spiro atoms. The lowest BCUT2D eigenvalue weighted by atomic mass is 10.2. The highest BCUT2D eigenvalue weighted by Gasteiger charge is 2.22. The van der Waals surface area contributed by atoms with Crippen molar-refractivity contribution in [3.05, 3.63) is 34.3 Å². The van der Waals surface area contributed by atoms with E-state index in [1.54, 1.807) is 29.6 Å². The maximum Gasteiger partial charge on any atom is 0.324 e. The monoisotopic (exact) mass is 574 g/mol. The van der Waals surface area contributed by atoms with Crippen molar-refractivity contribution in [3.8, 4) is 0 Å². The zero-order valence-electron chi connectivity index (χ0n) is 26.0. The van der Waals surface area contributed by atoms with Crippen molar-refractivity contribution in [1.82, 2.24) is 33.0 Å². The minimum Gasteiger partial charge on any atom is -0.396 e. The number of hydrogen-bond acceptors (Lipinski definition) is 12.